The third-order valence-corrected chi connectivity index (χ3v) is 8.21. The first-order valence-electron chi connectivity index (χ1n) is 17.3. The Morgan fingerprint density at radius 3 is 3.06 bits per heavy atom. The summed E-state index contributed by atoms with van der Waals surface area (Å²) in [7, 11) is 0. The van der Waals surface area contributed by atoms with Crippen molar-refractivity contribution >= 4 is 11.6 Å². The molecule has 0 bridgehead atoms. The molecule has 6 nitrogen and oxygen atoms in total. The molecule has 0 spiro atoms. The molecule has 0 radical (unpaired) electrons. The summed E-state index contributed by atoms with van der Waals surface area (Å²) in [4.78, 5) is 26.4. The van der Waals surface area contributed by atoms with Gasteiger partial charge >= 0.3 is 0 Å². The van der Waals surface area contributed by atoms with Crippen molar-refractivity contribution in [3.63, 3.8) is 0 Å². The lowest BCUT2D eigenvalue weighted by molar-refractivity contribution is -0.200. The van der Waals surface area contributed by atoms with Crippen LogP contribution in [-0.2, 0) is 19.1 Å². The predicted octanol–water partition coefficient (Wildman–Crippen LogP) is 2.72. The topological polar surface area (TPSA) is 93.1 Å². The summed E-state index contributed by atoms with van der Waals surface area (Å²) in [5, 5.41) is 22.1. The van der Waals surface area contributed by atoms with Gasteiger partial charge in [0.15, 0.2) is 23.4 Å². The van der Waals surface area contributed by atoms with Gasteiger partial charge in [0.1, 0.15) is 6.56 Å². The summed E-state index contributed by atoms with van der Waals surface area (Å²) in [5.41, 5.74) is -6.37. The Bertz CT molecular complexity index is 1420. The fourth-order valence-corrected chi connectivity index (χ4v) is 7.00. The van der Waals surface area contributed by atoms with Crippen molar-refractivity contribution in [2.24, 2.45) is 28.6 Å². The Labute approximate surface area is 203 Å². The van der Waals surface area contributed by atoms with E-state index in [0.29, 0.717) is 0 Å². The summed E-state index contributed by atoms with van der Waals surface area (Å²) < 4.78 is 126. The highest BCUT2D eigenvalue weighted by Crippen LogP contribution is 2.69. The molecule has 5 aliphatic rings. The molecule has 0 aromatic rings. The zero-order valence-corrected chi connectivity index (χ0v) is 17.1. The van der Waals surface area contributed by atoms with Gasteiger partial charge in [0.05, 0.1) is 19.1 Å². The van der Waals surface area contributed by atoms with E-state index in [-0.39, 0.29) is 12.0 Å². The Balaban J connectivity index is 1.69. The van der Waals surface area contributed by atoms with Crippen molar-refractivity contribution in [1.82, 2.24) is 0 Å². The molecule has 2 N–H and O–H groups in total. The van der Waals surface area contributed by atoms with Gasteiger partial charge in [-0.05, 0) is 55.9 Å². The van der Waals surface area contributed by atoms with Crippen molar-refractivity contribution in [3.05, 3.63) is 23.8 Å². The van der Waals surface area contributed by atoms with Crippen LogP contribution in [0.4, 0.5) is 0 Å². The largest absolute Gasteiger partial charge is 0.393 e. The van der Waals surface area contributed by atoms with Crippen molar-refractivity contribution in [2.45, 2.75) is 83.2 Å². The number of aliphatic hydroxyl groups is 2. The fourth-order valence-electron chi connectivity index (χ4n) is 7.00. The number of allylic oxidation sites excluding steroid dienone is 4. The maximum Gasteiger partial charge on any atom is 0.193 e. The molecular weight excluding hydrogens is 396 g/mol. The van der Waals surface area contributed by atoms with Gasteiger partial charge in [-0.3, -0.25) is 9.59 Å². The molecule has 1 aliphatic heterocycles. The molecule has 9 atom stereocenters. The Hall–Kier alpha value is -1.34. The fraction of sp³-hybridized carbons (Fsp3) is 0.760. The van der Waals surface area contributed by atoms with Gasteiger partial charge in [0.2, 0.25) is 0 Å². The van der Waals surface area contributed by atoms with E-state index in [0.717, 1.165) is 0 Å². The molecular formula is C25H34O6. The van der Waals surface area contributed by atoms with E-state index in [1.165, 1.54) is 19.9 Å². The predicted molar refractivity (Wildman–Crippen MR) is 113 cm³/mol. The minimum absolute atomic E-state index is 0.214. The molecule has 3 saturated carbocycles. The van der Waals surface area contributed by atoms with Crippen LogP contribution in [0.2, 0.25) is 0 Å². The van der Waals surface area contributed by atoms with E-state index in [4.69, 9.17) is 28.7 Å². The smallest absolute Gasteiger partial charge is 0.193 e. The van der Waals surface area contributed by atoms with E-state index in [1.54, 1.807) is 0 Å². The number of carbonyl (C=O) groups is 2. The second-order valence-corrected chi connectivity index (χ2v) is 9.42. The number of rotatable bonds is 4. The summed E-state index contributed by atoms with van der Waals surface area (Å²) in [6, 6.07) is -1.27. The van der Waals surface area contributed by atoms with Crippen LogP contribution >= 0.6 is 0 Å². The number of hydrogen-bond donors (Lipinski definition) is 2. The molecule has 31 heavy (non-hydrogen) atoms. The Kier molecular flexibility index (Phi) is 2.45. The van der Waals surface area contributed by atoms with Gasteiger partial charge < -0.3 is 19.7 Å². The molecule has 4 fully saturated rings. The van der Waals surface area contributed by atoms with Gasteiger partial charge in [-0.25, -0.2) is 0 Å². The molecule has 5 rings (SSSR count). The second-order valence-electron chi connectivity index (χ2n) is 9.42. The number of aliphatic hydroxyl groups excluding tert-OH is 1. The highest BCUT2D eigenvalue weighted by Gasteiger charge is 2.75. The quantitative estimate of drug-likeness (QED) is 0.693. The first kappa shape index (κ1) is 10.7. The SMILES string of the molecule is [2H]C1=C[C@@]2(C)C(=C([2H])C1=O)C([2H])([2H])C[C@@H]1[C@@H]2[C@@H](O)C[C@@]2(C)[C@H]1C[C@H]1OC([2H])(C([2H])([2H])C([2H])([2H])C([2H])([2H])[2H])O[C@]12C(=O)C([2H])([2H])O. The lowest BCUT2D eigenvalue weighted by Gasteiger charge is -2.59. The molecule has 6 heteroatoms. The van der Waals surface area contributed by atoms with Crippen LogP contribution in [0, 0.1) is 28.6 Å². The first-order chi connectivity index (χ1) is 20.0. The number of Topliss-reactive ketones (excluding diaryl/α,β-unsaturated/α-hetero) is 1. The van der Waals surface area contributed by atoms with Gasteiger partial charge in [0.25, 0.3) is 0 Å². The summed E-state index contributed by atoms with van der Waals surface area (Å²) in [6.45, 7) is -4.51. The molecule has 0 aromatic carbocycles. The van der Waals surface area contributed by atoms with Gasteiger partial charge in [-0.15, -0.1) is 0 Å². The van der Waals surface area contributed by atoms with Crippen molar-refractivity contribution in [3.8, 4) is 0 Å². The van der Waals surface area contributed by atoms with Gasteiger partial charge in [0, 0.05) is 29.1 Å². The molecule has 0 aromatic heterocycles. The summed E-state index contributed by atoms with van der Waals surface area (Å²) >= 11 is 0. The number of hydrogen-bond acceptors (Lipinski definition) is 6. The van der Waals surface area contributed by atoms with Crippen molar-refractivity contribution < 1.29 is 48.5 Å². The van der Waals surface area contributed by atoms with Crippen LogP contribution in [0.1, 0.15) is 78.3 Å². The van der Waals surface area contributed by atoms with Crippen molar-refractivity contribution in [2.75, 3.05) is 6.56 Å². The molecule has 170 valence electrons. The van der Waals surface area contributed by atoms with E-state index in [9.17, 15) is 19.8 Å². The summed E-state index contributed by atoms with van der Waals surface area (Å²) in [6.07, 6.45) is -16.9. The zero-order chi connectivity index (χ0) is 34.5. The van der Waals surface area contributed by atoms with Gasteiger partial charge in [-0.1, -0.05) is 38.7 Å². The maximum absolute atomic E-state index is 13.9. The standard InChI is InChI=1S/C25H34O6/c1-4-5-21-30-20-11-17-16-7-6-14-10-15(27)8-9-23(14,2)22(16)18(28)12-24(17,3)25(20,31-21)19(29)13-26/h8-10,16-18,20-22,26,28H,4-7,11-13H2,1-3H3/t16-,17-,18-,20+,21?,22+,23-,24-,25+/m0/s1/i1D3,4D2,5D2,6D2,8D,10D,13D2,21D. The molecule has 1 heterocycles. The number of fused-ring (bicyclic) bond motifs is 7. The highest BCUT2D eigenvalue weighted by molar-refractivity contribution is 6.01. The third kappa shape index (κ3) is 2.65. The molecule has 4 aliphatic carbocycles. The average molecular weight is 445 g/mol. The Morgan fingerprint density at radius 1 is 1.52 bits per heavy atom. The minimum Gasteiger partial charge on any atom is -0.393 e. The van der Waals surface area contributed by atoms with E-state index >= 15 is 0 Å². The monoisotopic (exact) mass is 444 g/mol. The van der Waals surface area contributed by atoms with E-state index in [1.807, 2.05) is 0 Å². The number of carbonyl (C=O) groups excluding carboxylic acids is 2. The number of ketones is 2. The maximum atomic E-state index is 13.9. The van der Waals surface area contributed by atoms with Crippen LogP contribution in [0.25, 0.3) is 0 Å². The molecule has 0 amide bonds. The van der Waals surface area contributed by atoms with Crippen LogP contribution in [0.3, 0.4) is 0 Å². The minimum atomic E-state index is -3.82. The zero-order valence-electron chi connectivity index (χ0n) is 31.1. The van der Waals surface area contributed by atoms with E-state index < -0.39 is 122 Å². The normalized spacial score (nSPS) is 63.4. The van der Waals surface area contributed by atoms with Crippen LogP contribution in [-0.4, -0.2) is 52.4 Å². The molecule has 1 unspecified atom stereocenters. The second kappa shape index (κ2) is 7.08. The lowest BCUT2D eigenvalue weighted by Crippen LogP contribution is -2.63. The molecule has 1 saturated heterocycles. The highest BCUT2D eigenvalue weighted by atomic mass is 16.7. The third-order valence-electron chi connectivity index (χ3n) is 8.21. The van der Waals surface area contributed by atoms with Crippen molar-refractivity contribution in [1.29, 1.82) is 0 Å². The van der Waals surface area contributed by atoms with Crippen LogP contribution in [0.5, 0.6) is 0 Å². The van der Waals surface area contributed by atoms with Crippen LogP contribution in [0.15, 0.2) is 23.8 Å². The summed E-state index contributed by atoms with van der Waals surface area (Å²) in [5.74, 6) is -5.52. The lowest BCUT2D eigenvalue weighted by atomic mass is 9.46. The first-order valence-corrected chi connectivity index (χ1v) is 10.3. The van der Waals surface area contributed by atoms with Crippen LogP contribution < -0.4 is 0 Å². The van der Waals surface area contributed by atoms with E-state index in [2.05, 4.69) is 0 Å². The Morgan fingerprint density at radius 2 is 2.32 bits per heavy atom. The average Bonchev–Trinajstić information content (AvgIpc) is 3.28. The van der Waals surface area contributed by atoms with Gasteiger partial charge in [-0.2, -0.15) is 0 Å². The number of ether oxygens (including phenoxy) is 2.